The zero-order valence-electron chi connectivity index (χ0n) is 13.9. The predicted octanol–water partition coefficient (Wildman–Crippen LogP) is 3.15. The van der Waals surface area contributed by atoms with E-state index < -0.39 is 0 Å². The van der Waals surface area contributed by atoms with Crippen molar-refractivity contribution >= 4 is 0 Å². The third-order valence-corrected chi connectivity index (χ3v) is 4.84. The van der Waals surface area contributed by atoms with E-state index in [9.17, 15) is 0 Å². The molecule has 0 saturated carbocycles. The highest BCUT2D eigenvalue weighted by molar-refractivity contribution is 5.58. The number of hydrogen-bond donors (Lipinski definition) is 0. The maximum atomic E-state index is 4.62. The van der Waals surface area contributed by atoms with Gasteiger partial charge in [-0.1, -0.05) is 6.07 Å². The van der Waals surface area contributed by atoms with Crippen LogP contribution in [0.15, 0.2) is 30.6 Å². The lowest BCUT2D eigenvalue weighted by molar-refractivity contribution is 0.149. The van der Waals surface area contributed by atoms with E-state index in [0.717, 1.165) is 23.7 Å². The van der Waals surface area contributed by atoms with E-state index in [1.807, 2.05) is 30.2 Å². The van der Waals surface area contributed by atoms with Gasteiger partial charge in [-0.2, -0.15) is 5.10 Å². The van der Waals surface area contributed by atoms with Crippen LogP contribution in [0.4, 0.5) is 0 Å². The minimum atomic E-state index is 0.671. The van der Waals surface area contributed by atoms with Crippen LogP contribution in [-0.4, -0.2) is 38.8 Å². The van der Waals surface area contributed by atoms with Crippen molar-refractivity contribution in [3.63, 3.8) is 0 Å². The molecule has 1 aliphatic heterocycles. The number of aromatic nitrogens is 3. The van der Waals surface area contributed by atoms with Gasteiger partial charge < -0.3 is 4.90 Å². The van der Waals surface area contributed by atoms with Gasteiger partial charge in [0.15, 0.2) is 0 Å². The second kappa shape index (κ2) is 6.61. The van der Waals surface area contributed by atoms with E-state index in [4.69, 9.17) is 0 Å². The summed E-state index contributed by atoms with van der Waals surface area (Å²) in [6.45, 7) is 7.04. The third-order valence-electron chi connectivity index (χ3n) is 4.84. The van der Waals surface area contributed by atoms with Gasteiger partial charge in [0.25, 0.3) is 0 Å². The quantitative estimate of drug-likeness (QED) is 0.869. The highest BCUT2D eigenvalue weighted by atomic mass is 15.3. The fourth-order valence-corrected chi connectivity index (χ4v) is 3.42. The Labute approximate surface area is 133 Å². The Morgan fingerprint density at radius 1 is 1.18 bits per heavy atom. The van der Waals surface area contributed by atoms with Crippen molar-refractivity contribution in [3.05, 3.63) is 36.2 Å². The van der Waals surface area contributed by atoms with Crippen molar-refractivity contribution in [2.75, 3.05) is 13.1 Å². The molecule has 118 valence electrons. The minimum absolute atomic E-state index is 0.671. The maximum Gasteiger partial charge on any atom is 0.0914 e. The molecule has 4 nitrogen and oxygen atoms in total. The van der Waals surface area contributed by atoms with Crippen LogP contribution in [0.1, 0.15) is 32.3 Å². The number of pyridine rings is 1. The molecule has 1 fully saturated rings. The lowest BCUT2D eigenvalue weighted by Crippen LogP contribution is -2.38. The van der Waals surface area contributed by atoms with E-state index in [1.165, 1.54) is 31.5 Å². The Hall–Kier alpha value is -1.68. The molecule has 4 heteroatoms. The number of hydrogen-bond acceptors (Lipinski definition) is 3. The Bertz CT molecular complexity index is 609. The number of piperidine rings is 1. The summed E-state index contributed by atoms with van der Waals surface area (Å²) in [7, 11) is 1.98. The average molecular weight is 298 g/mol. The molecule has 1 aliphatic rings. The van der Waals surface area contributed by atoms with Crippen molar-refractivity contribution in [2.45, 2.75) is 39.2 Å². The first-order valence-corrected chi connectivity index (χ1v) is 8.31. The lowest BCUT2D eigenvalue weighted by atomic mass is 9.89. The molecule has 0 aromatic carbocycles. The Kier molecular flexibility index (Phi) is 4.57. The number of nitrogens with zero attached hydrogens (tertiary/aromatic N) is 4. The molecule has 0 spiro atoms. The number of aryl methyl sites for hydroxylation is 1. The molecule has 3 heterocycles. The van der Waals surface area contributed by atoms with Crippen molar-refractivity contribution in [1.29, 1.82) is 0 Å². The van der Waals surface area contributed by atoms with E-state index >= 15 is 0 Å². The average Bonchev–Trinajstić information content (AvgIpc) is 2.94. The molecule has 2 aromatic rings. The summed E-state index contributed by atoms with van der Waals surface area (Å²) in [5.74, 6) is 0.770. The topological polar surface area (TPSA) is 34.0 Å². The summed E-state index contributed by atoms with van der Waals surface area (Å²) in [5.41, 5.74) is 3.55. The molecule has 0 amide bonds. The summed E-state index contributed by atoms with van der Waals surface area (Å²) >= 11 is 0. The molecule has 22 heavy (non-hydrogen) atoms. The number of rotatable bonds is 4. The Morgan fingerprint density at radius 3 is 2.59 bits per heavy atom. The summed E-state index contributed by atoms with van der Waals surface area (Å²) in [6.07, 6.45) is 7.43. The molecule has 2 aromatic heterocycles. The van der Waals surface area contributed by atoms with Gasteiger partial charge in [-0.3, -0.25) is 9.67 Å². The van der Waals surface area contributed by atoms with E-state index in [0.29, 0.717) is 6.04 Å². The van der Waals surface area contributed by atoms with Crippen molar-refractivity contribution in [3.8, 4) is 11.4 Å². The van der Waals surface area contributed by atoms with Crippen molar-refractivity contribution in [2.24, 2.45) is 13.0 Å². The summed E-state index contributed by atoms with van der Waals surface area (Å²) in [4.78, 5) is 7.20. The van der Waals surface area contributed by atoms with Crippen LogP contribution in [0.2, 0.25) is 0 Å². The van der Waals surface area contributed by atoms with Crippen LogP contribution in [0.5, 0.6) is 0 Å². The monoisotopic (exact) mass is 298 g/mol. The van der Waals surface area contributed by atoms with Gasteiger partial charge in [-0.25, -0.2) is 0 Å². The van der Waals surface area contributed by atoms with Gasteiger partial charge in [0.2, 0.25) is 0 Å². The van der Waals surface area contributed by atoms with Gasteiger partial charge in [0.05, 0.1) is 11.4 Å². The van der Waals surface area contributed by atoms with Crippen LogP contribution in [0.3, 0.4) is 0 Å². The first kappa shape index (κ1) is 15.2. The molecule has 0 unspecified atom stereocenters. The number of likely N-dealkylation sites (tertiary alicyclic amines) is 1. The molecule has 0 N–H and O–H groups in total. The molecule has 3 rings (SSSR count). The minimum Gasteiger partial charge on any atom is -0.301 e. The smallest absolute Gasteiger partial charge is 0.0914 e. The van der Waals surface area contributed by atoms with Crippen LogP contribution >= 0.6 is 0 Å². The standard InChI is InChI=1S/C18H26N4/c1-14(2)22-11-7-15(8-12-22)13-16-5-4-9-19-18(16)17-6-10-20-21(17)3/h4-6,9-10,14-15H,7-8,11-13H2,1-3H3. The van der Waals surface area contributed by atoms with Crippen LogP contribution in [0, 0.1) is 5.92 Å². The molecule has 1 saturated heterocycles. The third kappa shape index (κ3) is 3.22. The first-order chi connectivity index (χ1) is 10.6. The fraction of sp³-hybridized carbons (Fsp3) is 0.556. The van der Waals surface area contributed by atoms with Crippen LogP contribution in [-0.2, 0) is 13.5 Å². The van der Waals surface area contributed by atoms with E-state index in [1.54, 1.807) is 0 Å². The normalized spacial score (nSPS) is 17.3. The van der Waals surface area contributed by atoms with E-state index in [-0.39, 0.29) is 0 Å². The molecule has 0 aliphatic carbocycles. The predicted molar refractivity (Wildman–Crippen MR) is 89.6 cm³/mol. The van der Waals surface area contributed by atoms with Gasteiger partial charge in [0, 0.05) is 25.5 Å². The molecular formula is C18H26N4. The van der Waals surface area contributed by atoms with E-state index in [2.05, 4.69) is 41.0 Å². The largest absolute Gasteiger partial charge is 0.301 e. The Morgan fingerprint density at radius 2 is 1.95 bits per heavy atom. The van der Waals surface area contributed by atoms with Gasteiger partial charge in [-0.05, 0) is 69.8 Å². The molecule has 0 radical (unpaired) electrons. The van der Waals surface area contributed by atoms with Gasteiger partial charge >= 0.3 is 0 Å². The summed E-state index contributed by atoms with van der Waals surface area (Å²) < 4.78 is 1.91. The second-order valence-electron chi connectivity index (χ2n) is 6.63. The van der Waals surface area contributed by atoms with Gasteiger partial charge in [0.1, 0.15) is 0 Å². The summed E-state index contributed by atoms with van der Waals surface area (Å²) in [5, 5.41) is 4.28. The first-order valence-electron chi connectivity index (χ1n) is 8.31. The zero-order chi connectivity index (χ0) is 15.5. The Balaban J connectivity index is 1.73. The highest BCUT2D eigenvalue weighted by Crippen LogP contribution is 2.27. The molecule has 0 bridgehead atoms. The zero-order valence-corrected chi connectivity index (χ0v) is 13.9. The van der Waals surface area contributed by atoms with Gasteiger partial charge in [-0.15, -0.1) is 0 Å². The van der Waals surface area contributed by atoms with Crippen LogP contribution in [0.25, 0.3) is 11.4 Å². The highest BCUT2D eigenvalue weighted by Gasteiger charge is 2.22. The SMILES string of the molecule is CC(C)N1CCC(Cc2cccnc2-c2ccnn2C)CC1. The summed E-state index contributed by atoms with van der Waals surface area (Å²) in [6, 6.07) is 7.00. The second-order valence-corrected chi connectivity index (χ2v) is 6.63. The van der Waals surface area contributed by atoms with Crippen molar-refractivity contribution in [1.82, 2.24) is 19.7 Å². The van der Waals surface area contributed by atoms with Crippen LogP contribution < -0.4 is 0 Å². The molecular weight excluding hydrogens is 272 g/mol. The van der Waals surface area contributed by atoms with Crippen molar-refractivity contribution < 1.29 is 0 Å². The maximum absolute atomic E-state index is 4.62. The lowest BCUT2D eigenvalue weighted by Gasteiger charge is -2.34. The fourth-order valence-electron chi connectivity index (χ4n) is 3.42. The molecule has 0 atom stereocenters.